The van der Waals surface area contributed by atoms with Crippen LogP contribution in [0.5, 0.6) is 0 Å². The first-order valence-corrected chi connectivity index (χ1v) is 11.5. The predicted octanol–water partition coefficient (Wildman–Crippen LogP) is 4.38. The van der Waals surface area contributed by atoms with Gasteiger partial charge in [0.1, 0.15) is 5.82 Å². The molecule has 0 radical (unpaired) electrons. The minimum Gasteiger partial charge on any atom is -0.383 e. The van der Waals surface area contributed by atoms with Crippen molar-refractivity contribution in [1.82, 2.24) is 10.0 Å². The zero-order valence-electron chi connectivity index (χ0n) is 18.0. The molecule has 2 N–H and O–H groups in total. The Morgan fingerprint density at radius 1 is 1.06 bits per heavy atom. The summed E-state index contributed by atoms with van der Waals surface area (Å²) in [6, 6.07) is 20.5. The number of ketones is 1. The molecule has 4 rings (SSSR count). The number of benzene rings is 2. The summed E-state index contributed by atoms with van der Waals surface area (Å²) >= 11 is 1.66. The first kappa shape index (κ1) is 21.2. The molecule has 0 bridgehead atoms. The molecule has 1 aliphatic heterocycles. The largest absolute Gasteiger partial charge is 0.383 e. The fourth-order valence-electron chi connectivity index (χ4n) is 4.66. The van der Waals surface area contributed by atoms with E-state index in [1.165, 1.54) is 0 Å². The number of hydrogen-bond donors (Lipinski definition) is 1. The van der Waals surface area contributed by atoms with Crippen LogP contribution in [0.1, 0.15) is 35.8 Å². The van der Waals surface area contributed by atoms with Crippen molar-refractivity contribution in [2.24, 2.45) is 5.73 Å². The van der Waals surface area contributed by atoms with Gasteiger partial charge in [0.2, 0.25) is 0 Å². The van der Waals surface area contributed by atoms with Gasteiger partial charge in [-0.05, 0) is 41.9 Å². The molecule has 0 amide bonds. The normalized spacial score (nSPS) is 21.4. The number of nitrogens with zero attached hydrogens (tertiary/aromatic N) is 3. The topological polar surface area (TPSA) is 73.4 Å². The van der Waals surface area contributed by atoms with Gasteiger partial charge in [0, 0.05) is 36.7 Å². The Morgan fingerprint density at radius 2 is 1.74 bits per heavy atom. The minimum atomic E-state index is -0.434. The molecule has 0 aromatic heterocycles. The Morgan fingerprint density at radius 3 is 2.32 bits per heavy atom. The second kappa shape index (κ2) is 8.62. The molecular weight excluding hydrogens is 404 g/mol. The number of allylic oxidation sites excluding steroid dienone is 3. The van der Waals surface area contributed by atoms with Crippen LogP contribution in [0.2, 0.25) is 0 Å². The van der Waals surface area contributed by atoms with Gasteiger partial charge in [0.15, 0.2) is 5.78 Å². The SMILES string of the molecule is CSc1ccc([C@H]2C(C#N)=C(N)N(N(C)C)C3=C2C(=O)C[C@H](c2ccccc2)C3)cc1. The number of hydrazine groups is 1. The first-order chi connectivity index (χ1) is 15.0. The van der Waals surface area contributed by atoms with E-state index in [2.05, 4.69) is 18.2 Å². The lowest BCUT2D eigenvalue weighted by Crippen LogP contribution is -2.46. The van der Waals surface area contributed by atoms with Gasteiger partial charge in [-0.1, -0.05) is 42.5 Å². The molecule has 0 spiro atoms. The van der Waals surface area contributed by atoms with E-state index in [-0.39, 0.29) is 11.7 Å². The Bertz CT molecular complexity index is 1100. The van der Waals surface area contributed by atoms with E-state index < -0.39 is 5.92 Å². The van der Waals surface area contributed by atoms with Crippen LogP contribution in [0.15, 0.2) is 82.2 Å². The third-order valence-corrected chi connectivity index (χ3v) is 6.80. The lowest BCUT2D eigenvalue weighted by Gasteiger charge is -2.43. The maximum Gasteiger partial charge on any atom is 0.162 e. The van der Waals surface area contributed by atoms with Crippen LogP contribution < -0.4 is 5.73 Å². The van der Waals surface area contributed by atoms with Crippen molar-refractivity contribution in [2.75, 3.05) is 20.4 Å². The molecule has 0 unspecified atom stereocenters. The second-order valence-corrected chi connectivity index (χ2v) is 8.95. The molecular formula is C25H26N4OS. The van der Waals surface area contributed by atoms with Crippen LogP contribution >= 0.6 is 11.8 Å². The number of carbonyl (C=O) groups excluding carboxylic acids is 1. The Balaban J connectivity index is 1.87. The molecule has 0 saturated carbocycles. The number of carbonyl (C=O) groups is 1. The summed E-state index contributed by atoms with van der Waals surface area (Å²) in [7, 11) is 3.77. The second-order valence-electron chi connectivity index (χ2n) is 8.08. The smallest absolute Gasteiger partial charge is 0.162 e. The third kappa shape index (κ3) is 3.76. The lowest BCUT2D eigenvalue weighted by molar-refractivity contribution is -0.117. The van der Waals surface area contributed by atoms with Crippen molar-refractivity contribution in [3.05, 3.63) is 88.4 Å². The van der Waals surface area contributed by atoms with Crippen molar-refractivity contribution in [3.8, 4) is 6.07 Å². The van der Waals surface area contributed by atoms with Gasteiger partial charge in [-0.3, -0.25) is 9.80 Å². The minimum absolute atomic E-state index is 0.0844. The van der Waals surface area contributed by atoms with Gasteiger partial charge in [-0.25, -0.2) is 5.01 Å². The molecule has 5 nitrogen and oxygen atoms in total. The van der Waals surface area contributed by atoms with Gasteiger partial charge >= 0.3 is 0 Å². The van der Waals surface area contributed by atoms with E-state index in [9.17, 15) is 10.1 Å². The molecule has 2 atom stereocenters. The number of thioether (sulfide) groups is 1. The Hall–Kier alpha value is -3.01. The quantitative estimate of drug-likeness (QED) is 0.726. The molecule has 0 fully saturated rings. The van der Waals surface area contributed by atoms with Crippen LogP contribution in [0.4, 0.5) is 0 Å². The fourth-order valence-corrected chi connectivity index (χ4v) is 5.07. The molecule has 2 aromatic rings. The molecule has 0 saturated heterocycles. The number of Topliss-reactive ketones (excluding diaryl/α,β-unsaturated/α-hetero) is 1. The van der Waals surface area contributed by atoms with Crippen LogP contribution in [0, 0.1) is 11.3 Å². The van der Waals surface area contributed by atoms with Crippen molar-refractivity contribution in [2.45, 2.75) is 29.6 Å². The highest BCUT2D eigenvalue weighted by Gasteiger charge is 2.43. The molecule has 158 valence electrons. The van der Waals surface area contributed by atoms with E-state index in [0.29, 0.717) is 29.8 Å². The number of hydrogen-bond acceptors (Lipinski definition) is 6. The third-order valence-electron chi connectivity index (χ3n) is 6.06. The first-order valence-electron chi connectivity index (χ1n) is 10.3. The molecule has 2 aromatic carbocycles. The maximum atomic E-state index is 13.6. The van der Waals surface area contributed by atoms with Crippen molar-refractivity contribution in [3.63, 3.8) is 0 Å². The number of rotatable bonds is 4. The van der Waals surface area contributed by atoms with Gasteiger partial charge in [-0.15, -0.1) is 11.8 Å². The molecule has 31 heavy (non-hydrogen) atoms. The van der Waals surface area contributed by atoms with E-state index >= 15 is 0 Å². The molecule has 1 aliphatic carbocycles. The maximum absolute atomic E-state index is 13.6. The van der Waals surface area contributed by atoms with Crippen LogP contribution in [-0.4, -0.2) is 36.2 Å². The zero-order valence-corrected chi connectivity index (χ0v) is 18.8. The van der Waals surface area contributed by atoms with Gasteiger partial charge in [0.25, 0.3) is 0 Å². The summed E-state index contributed by atoms with van der Waals surface area (Å²) in [4.78, 5) is 14.7. The summed E-state index contributed by atoms with van der Waals surface area (Å²) in [6.45, 7) is 0. The Labute approximate surface area is 187 Å². The van der Waals surface area contributed by atoms with Crippen molar-refractivity contribution >= 4 is 17.5 Å². The predicted molar refractivity (Wildman–Crippen MR) is 124 cm³/mol. The summed E-state index contributed by atoms with van der Waals surface area (Å²) in [5.74, 6) is 0.134. The highest BCUT2D eigenvalue weighted by atomic mass is 32.2. The monoisotopic (exact) mass is 430 g/mol. The van der Waals surface area contributed by atoms with Crippen LogP contribution in [-0.2, 0) is 4.79 Å². The van der Waals surface area contributed by atoms with E-state index in [4.69, 9.17) is 5.73 Å². The lowest BCUT2D eigenvalue weighted by atomic mass is 9.72. The van der Waals surface area contributed by atoms with Crippen molar-refractivity contribution in [1.29, 1.82) is 5.26 Å². The van der Waals surface area contributed by atoms with E-state index in [1.54, 1.807) is 11.8 Å². The van der Waals surface area contributed by atoms with Gasteiger partial charge < -0.3 is 5.73 Å². The number of nitriles is 1. The standard InChI is InChI=1S/C25H26N4OS/c1-28(2)29-21-13-18(16-7-5-4-6-8-16)14-22(30)24(21)23(20(15-26)25(29)27)17-9-11-19(31-3)12-10-17/h4-12,18,23H,13-14,27H2,1-3H3/t18-,23+/m1/s1. The zero-order chi connectivity index (χ0) is 22.1. The summed E-state index contributed by atoms with van der Waals surface area (Å²) in [5, 5.41) is 13.7. The number of nitrogens with two attached hydrogens (primary N) is 1. The van der Waals surface area contributed by atoms with Gasteiger partial charge in [-0.2, -0.15) is 5.26 Å². The average Bonchev–Trinajstić information content (AvgIpc) is 2.78. The van der Waals surface area contributed by atoms with Crippen LogP contribution in [0.25, 0.3) is 0 Å². The highest BCUT2D eigenvalue weighted by molar-refractivity contribution is 7.98. The average molecular weight is 431 g/mol. The molecule has 2 aliphatic rings. The summed E-state index contributed by atoms with van der Waals surface area (Å²) in [6.07, 6.45) is 3.16. The molecule has 6 heteroatoms. The van der Waals surface area contributed by atoms with E-state index in [0.717, 1.165) is 21.7 Å². The van der Waals surface area contributed by atoms with Crippen LogP contribution in [0.3, 0.4) is 0 Å². The summed E-state index contributed by atoms with van der Waals surface area (Å²) < 4.78 is 0. The fraction of sp³-hybridized carbons (Fsp3) is 0.280. The summed E-state index contributed by atoms with van der Waals surface area (Å²) in [5.41, 5.74) is 10.6. The highest BCUT2D eigenvalue weighted by Crippen LogP contribution is 2.48. The van der Waals surface area contributed by atoms with Gasteiger partial charge in [0.05, 0.1) is 17.6 Å². The van der Waals surface area contributed by atoms with Crippen molar-refractivity contribution < 1.29 is 4.79 Å². The molecule has 1 heterocycles. The van der Waals surface area contributed by atoms with E-state index in [1.807, 2.05) is 72.8 Å². The Kier molecular flexibility index (Phi) is 5.90.